The summed E-state index contributed by atoms with van der Waals surface area (Å²) in [7, 11) is 0. The van der Waals surface area contributed by atoms with Crippen LogP contribution in [0.1, 0.15) is 0 Å². The Labute approximate surface area is 281 Å². The second-order valence-corrected chi connectivity index (χ2v) is 12.2. The van der Waals surface area contributed by atoms with Crippen molar-refractivity contribution >= 4 is 54.4 Å². The first-order chi connectivity index (χ1) is 24.3. The molecule has 0 saturated carbocycles. The van der Waals surface area contributed by atoms with E-state index in [0.717, 1.165) is 66.2 Å². The lowest BCUT2D eigenvalue weighted by Gasteiger charge is -2.14. The maximum absolute atomic E-state index is 6.81. The van der Waals surface area contributed by atoms with Crippen LogP contribution in [0, 0.1) is 0 Å². The standard InChI is InChI=1S/C44H26N4O/c1-3-14-27(15-4-1)42-46-43(28-16-5-2-6-17-28)48-44(47-42)34-23-13-24-36-38(34)41-39(33-22-11-12-25-37(33)49-41)40(45-36)35-26-29-18-7-8-19-30(29)31-20-9-10-21-32(31)35/h1-26H. The number of furan rings is 1. The van der Waals surface area contributed by atoms with Gasteiger partial charge in [0.1, 0.15) is 11.2 Å². The molecule has 0 aliphatic carbocycles. The van der Waals surface area contributed by atoms with E-state index in [0.29, 0.717) is 17.5 Å². The van der Waals surface area contributed by atoms with E-state index < -0.39 is 0 Å². The summed E-state index contributed by atoms with van der Waals surface area (Å²) in [5.74, 6) is 1.77. The molecule has 49 heavy (non-hydrogen) atoms. The summed E-state index contributed by atoms with van der Waals surface area (Å²) in [4.78, 5) is 20.5. The second-order valence-electron chi connectivity index (χ2n) is 12.2. The minimum atomic E-state index is 0.561. The van der Waals surface area contributed by atoms with Crippen LogP contribution in [0.2, 0.25) is 0 Å². The molecule has 0 amide bonds. The van der Waals surface area contributed by atoms with Crippen molar-refractivity contribution < 1.29 is 4.42 Å². The number of nitrogens with zero attached hydrogens (tertiary/aromatic N) is 4. The molecule has 0 fully saturated rings. The quantitative estimate of drug-likeness (QED) is 0.182. The van der Waals surface area contributed by atoms with Gasteiger partial charge in [-0.15, -0.1) is 0 Å². The number of pyridine rings is 1. The van der Waals surface area contributed by atoms with Gasteiger partial charge >= 0.3 is 0 Å². The van der Waals surface area contributed by atoms with Crippen molar-refractivity contribution in [3.8, 4) is 45.4 Å². The highest BCUT2D eigenvalue weighted by atomic mass is 16.3. The van der Waals surface area contributed by atoms with E-state index in [1.165, 1.54) is 16.2 Å². The van der Waals surface area contributed by atoms with E-state index in [2.05, 4.69) is 78.9 Å². The van der Waals surface area contributed by atoms with Gasteiger partial charge in [0.25, 0.3) is 0 Å². The Morgan fingerprint density at radius 1 is 0.388 bits per heavy atom. The molecule has 0 atom stereocenters. The normalized spacial score (nSPS) is 11.7. The fraction of sp³-hybridized carbons (Fsp3) is 0. The number of rotatable bonds is 4. The lowest BCUT2D eigenvalue weighted by Crippen LogP contribution is -2.01. The fourth-order valence-electron chi connectivity index (χ4n) is 7.07. The summed E-state index contributed by atoms with van der Waals surface area (Å²) < 4.78 is 6.81. The van der Waals surface area contributed by atoms with E-state index in [-0.39, 0.29) is 0 Å². The monoisotopic (exact) mass is 626 g/mol. The molecule has 7 aromatic carbocycles. The van der Waals surface area contributed by atoms with Gasteiger partial charge in [0.05, 0.1) is 22.0 Å². The van der Waals surface area contributed by atoms with E-state index in [9.17, 15) is 0 Å². The largest absolute Gasteiger partial charge is 0.455 e. The zero-order chi connectivity index (χ0) is 32.3. The number of hydrogen-bond acceptors (Lipinski definition) is 5. The molecule has 5 heteroatoms. The third kappa shape index (κ3) is 4.40. The SMILES string of the molecule is c1ccc(-c2nc(-c3ccccc3)nc(-c3cccc4nc(-c5cc6ccccc6c6ccccc56)c5c6ccccc6oc5c34)n2)cc1. The molecular formula is C44H26N4O. The molecule has 3 heterocycles. The number of aromatic nitrogens is 4. The third-order valence-corrected chi connectivity index (χ3v) is 9.30. The average molecular weight is 627 g/mol. The Bertz CT molecular complexity index is 2820. The first-order valence-electron chi connectivity index (χ1n) is 16.3. The molecule has 0 aliphatic heterocycles. The van der Waals surface area contributed by atoms with Crippen molar-refractivity contribution in [2.45, 2.75) is 0 Å². The van der Waals surface area contributed by atoms with Gasteiger partial charge in [-0.25, -0.2) is 19.9 Å². The third-order valence-electron chi connectivity index (χ3n) is 9.30. The predicted molar refractivity (Wildman–Crippen MR) is 199 cm³/mol. The highest BCUT2D eigenvalue weighted by molar-refractivity contribution is 6.24. The first kappa shape index (κ1) is 27.4. The highest BCUT2D eigenvalue weighted by Crippen LogP contribution is 2.45. The Hall–Kier alpha value is -6.72. The van der Waals surface area contributed by atoms with Crippen molar-refractivity contribution in [3.63, 3.8) is 0 Å². The van der Waals surface area contributed by atoms with Gasteiger partial charge in [-0.3, -0.25) is 0 Å². The molecule has 0 unspecified atom stereocenters. The van der Waals surface area contributed by atoms with Crippen LogP contribution < -0.4 is 0 Å². The number of para-hydroxylation sites is 1. The molecule has 228 valence electrons. The highest BCUT2D eigenvalue weighted by Gasteiger charge is 2.23. The number of fused-ring (bicyclic) bond motifs is 8. The lowest BCUT2D eigenvalue weighted by molar-refractivity contribution is 0.672. The molecule has 0 radical (unpaired) electrons. The molecule has 0 saturated heterocycles. The van der Waals surface area contributed by atoms with E-state index >= 15 is 0 Å². The maximum atomic E-state index is 6.81. The van der Waals surface area contributed by atoms with Gasteiger partial charge in [-0.2, -0.15) is 0 Å². The zero-order valence-electron chi connectivity index (χ0n) is 26.2. The molecule has 5 nitrogen and oxygen atoms in total. The first-order valence-corrected chi connectivity index (χ1v) is 16.3. The van der Waals surface area contributed by atoms with Gasteiger partial charge in [0.15, 0.2) is 17.5 Å². The van der Waals surface area contributed by atoms with Crippen LogP contribution in [0.3, 0.4) is 0 Å². The van der Waals surface area contributed by atoms with Gasteiger partial charge < -0.3 is 4.42 Å². The van der Waals surface area contributed by atoms with Gasteiger partial charge in [0.2, 0.25) is 0 Å². The molecule has 10 aromatic rings. The Morgan fingerprint density at radius 2 is 0.980 bits per heavy atom. The van der Waals surface area contributed by atoms with Crippen LogP contribution in [-0.2, 0) is 0 Å². The number of hydrogen-bond donors (Lipinski definition) is 0. The minimum absolute atomic E-state index is 0.561. The Morgan fingerprint density at radius 3 is 1.71 bits per heavy atom. The summed E-state index contributed by atoms with van der Waals surface area (Å²) in [5.41, 5.74) is 6.99. The molecule has 0 N–H and O–H groups in total. The van der Waals surface area contributed by atoms with Crippen LogP contribution >= 0.6 is 0 Å². The molecule has 3 aromatic heterocycles. The van der Waals surface area contributed by atoms with Crippen molar-refractivity contribution in [1.82, 2.24) is 19.9 Å². The second kappa shape index (κ2) is 10.9. The lowest BCUT2D eigenvalue weighted by atomic mass is 9.93. The van der Waals surface area contributed by atoms with E-state index in [4.69, 9.17) is 24.4 Å². The van der Waals surface area contributed by atoms with Crippen molar-refractivity contribution in [2.75, 3.05) is 0 Å². The van der Waals surface area contributed by atoms with E-state index in [1.807, 2.05) is 78.9 Å². The zero-order valence-corrected chi connectivity index (χ0v) is 26.2. The smallest absolute Gasteiger partial charge is 0.164 e. The Kier molecular flexibility index (Phi) is 6.11. The summed E-state index contributed by atoms with van der Waals surface area (Å²) in [6.45, 7) is 0. The van der Waals surface area contributed by atoms with Gasteiger partial charge in [0, 0.05) is 27.6 Å². The molecule has 10 rings (SSSR count). The molecule has 0 aliphatic rings. The van der Waals surface area contributed by atoms with Crippen LogP contribution in [0.15, 0.2) is 162 Å². The Balaban J connectivity index is 1.32. The van der Waals surface area contributed by atoms with Gasteiger partial charge in [-0.05, 0) is 39.7 Å². The van der Waals surface area contributed by atoms with Crippen LogP contribution in [0.4, 0.5) is 0 Å². The van der Waals surface area contributed by atoms with Crippen molar-refractivity contribution in [3.05, 3.63) is 158 Å². The fourth-order valence-corrected chi connectivity index (χ4v) is 7.07. The summed E-state index contributed by atoms with van der Waals surface area (Å²) >= 11 is 0. The molecule has 0 spiro atoms. The topological polar surface area (TPSA) is 64.7 Å². The predicted octanol–water partition coefficient (Wildman–Crippen LogP) is 11.3. The summed E-state index contributed by atoms with van der Waals surface area (Å²) in [5, 5.41) is 7.58. The van der Waals surface area contributed by atoms with Crippen LogP contribution in [0.25, 0.3) is 99.8 Å². The van der Waals surface area contributed by atoms with Crippen molar-refractivity contribution in [1.29, 1.82) is 0 Å². The van der Waals surface area contributed by atoms with Crippen molar-refractivity contribution in [2.24, 2.45) is 0 Å². The summed E-state index contributed by atoms with van der Waals surface area (Å²) in [6.07, 6.45) is 0. The number of benzene rings is 7. The average Bonchev–Trinajstić information content (AvgIpc) is 3.57. The van der Waals surface area contributed by atoms with Crippen LogP contribution in [0.5, 0.6) is 0 Å². The van der Waals surface area contributed by atoms with E-state index in [1.54, 1.807) is 0 Å². The maximum Gasteiger partial charge on any atom is 0.164 e. The summed E-state index contributed by atoms with van der Waals surface area (Å²) in [6, 6.07) is 53.8. The molecular weight excluding hydrogens is 601 g/mol. The minimum Gasteiger partial charge on any atom is -0.455 e. The molecule has 0 bridgehead atoms. The van der Waals surface area contributed by atoms with Gasteiger partial charge in [-0.1, -0.05) is 140 Å². The van der Waals surface area contributed by atoms with Crippen LogP contribution in [-0.4, -0.2) is 19.9 Å².